The Bertz CT molecular complexity index is 807. The number of nitrogens with one attached hydrogen (secondary N) is 1. The van der Waals surface area contributed by atoms with E-state index in [0.717, 1.165) is 23.2 Å². The Hall–Kier alpha value is -2.58. The summed E-state index contributed by atoms with van der Waals surface area (Å²) in [6.45, 7) is 4.45. The van der Waals surface area contributed by atoms with Gasteiger partial charge in [0.25, 0.3) is 0 Å². The predicted molar refractivity (Wildman–Crippen MR) is 107 cm³/mol. The number of benzene rings is 2. The first kappa shape index (κ1) is 19.2. The fraction of sp³-hybridized carbons (Fsp3) is 0.455. The summed E-state index contributed by atoms with van der Waals surface area (Å²) in [6, 6.07) is 14.2. The van der Waals surface area contributed by atoms with E-state index in [1.54, 1.807) is 0 Å². The molecule has 1 saturated heterocycles. The number of carbonyl (C=O) groups is 1. The van der Waals surface area contributed by atoms with Crippen LogP contribution in [0.25, 0.3) is 10.8 Å². The third-order valence-corrected chi connectivity index (χ3v) is 5.05. The molecule has 1 aliphatic rings. The van der Waals surface area contributed by atoms with Crippen molar-refractivity contribution in [2.24, 2.45) is 0 Å². The van der Waals surface area contributed by atoms with E-state index in [1.165, 1.54) is 37.7 Å². The summed E-state index contributed by atoms with van der Waals surface area (Å²) >= 11 is 0. The van der Waals surface area contributed by atoms with Gasteiger partial charge in [0.05, 0.1) is 6.07 Å². The Balaban J connectivity index is 1.67. The molecule has 0 spiro atoms. The van der Waals surface area contributed by atoms with Crippen molar-refractivity contribution >= 4 is 16.7 Å². The highest BCUT2D eigenvalue weighted by molar-refractivity contribution is 5.88. The quantitative estimate of drug-likeness (QED) is 0.780. The van der Waals surface area contributed by atoms with E-state index in [9.17, 15) is 4.79 Å². The fourth-order valence-electron chi connectivity index (χ4n) is 3.64. The number of ether oxygens (including phenoxy) is 1. The molecule has 3 rings (SSSR count). The third-order valence-electron chi connectivity index (χ3n) is 5.05. The maximum atomic E-state index is 11.6. The van der Waals surface area contributed by atoms with Gasteiger partial charge in [-0.05, 0) is 49.2 Å². The van der Waals surface area contributed by atoms with E-state index >= 15 is 0 Å². The molecule has 1 N–H and O–H groups in total. The zero-order valence-electron chi connectivity index (χ0n) is 15.7. The molecule has 0 aromatic heterocycles. The van der Waals surface area contributed by atoms with Crippen LogP contribution >= 0.6 is 0 Å². The molecule has 0 unspecified atom stereocenters. The minimum atomic E-state index is -0.231. The normalized spacial score (nSPS) is 14.6. The van der Waals surface area contributed by atoms with Crippen LogP contribution in [-0.2, 0) is 11.2 Å². The number of likely N-dealkylation sites (tertiary alicyclic amines) is 1. The summed E-state index contributed by atoms with van der Waals surface area (Å²) in [7, 11) is 0. The lowest BCUT2D eigenvalue weighted by atomic mass is 10.0. The third kappa shape index (κ3) is 5.45. The Labute approximate surface area is 160 Å². The van der Waals surface area contributed by atoms with Gasteiger partial charge in [0.1, 0.15) is 18.8 Å². The highest BCUT2D eigenvalue weighted by Gasteiger charge is 2.12. The molecule has 27 heavy (non-hydrogen) atoms. The van der Waals surface area contributed by atoms with Crippen molar-refractivity contribution in [3.63, 3.8) is 0 Å². The molecular formula is C22H27N3O2. The van der Waals surface area contributed by atoms with Crippen LogP contribution < -0.4 is 10.1 Å². The second-order valence-electron chi connectivity index (χ2n) is 6.95. The average Bonchev–Trinajstić information content (AvgIpc) is 2.70. The van der Waals surface area contributed by atoms with Crippen molar-refractivity contribution in [3.8, 4) is 11.8 Å². The number of piperidine rings is 1. The van der Waals surface area contributed by atoms with Crippen molar-refractivity contribution in [2.75, 3.05) is 32.8 Å². The van der Waals surface area contributed by atoms with E-state index in [4.69, 9.17) is 10.00 Å². The molecule has 0 atom stereocenters. The fourth-order valence-corrected chi connectivity index (χ4v) is 3.64. The summed E-state index contributed by atoms with van der Waals surface area (Å²) in [4.78, 5) is 14.0. The molecule has 0 bridgehead atoms. The van der Waals surface area contributed by atoms with Crippen molar-refractivity contribution in [1.82, 2.24) is 10.2 Å². The Morgan fingerprint density at radius 3 is 2.78 bits per heavy atom. The summed E-state index contributed by atoms with van der Waals surface area (Å²) in [5.74, 6) is 0.658. The first-order valence-corrected chi connectivity index (χ1v) is 9.77. The lowest BCUT2D eigenvalue weighted by Crippen LogP contribution is -2.33. The van der Waals surface area contributed by atoms with Crippen LogP contribution in [0.1, 0.15) is 31.2 Å². The Morgan fingerprint density at radius 1 is 1.15 bits per heavy atom. The SMILES string of the molecule is N#CCC(=O)NCCc1c(OCCN2CCCCC2)ccc2ccccc12. The van der Waals surface area contributed by atoms with Crippen LogP contribution in [0.15, 0.2) is 36.4 Å². The van der Waals surface area contributed by atoms with E-state index in [2.05, 4.69) is 28.4 Å². The zero-order chi connectivity index (χ0) is 18.9. The molecule has 2 aromatic carbocycles. The van der Waals surface area contributed by atoms with Crippen LogP contribution in [0.5, 0.6) is 5.75 Å². The van der Waals surface area contributed by atoms with Gasteiger partial charge in [-0.1, -0.05) is 36.8 Å². The molecule has 142 valence electrons. The average molecular weight is 365 g/mol. The largest absolute Gasteiger partial charge is 0.492 e. The van der Waals surface area contributed by atoms with E-state index in [0.29, 0.717) is 19.6 Å². The minimum Gasteiger partial charge on any atom is -0.492 e. The van der Waals surface area contributed by atoms with Gasteiger partial charge in [0.15, 0.2) is 0 Å². The van der Waals surface area contributed by atoms with Gasteiger partial charge in [-0.3, -0.25) is 9.69 Å². The number of nitriles is 1. The predicted octanol–water partition coefficient (Wildman–Crippen LogP) is 3.28. The maximum Gasteiger partial charge on any atom is 0.234 e. The first-order chi connectivity index (χ1) is 13.3. The van der Waals surface area contributed by atoms with Gasteiger partial charge in [-0.15, -0.1) is 0 Å². The van der Waals surface area contributed by atoms with E-state index in [1.807, 2.05) is 24.3 Å². The first-order valence-electron chi connectivity index (χ1n) is 9.77. The summed E-state index contributed by atoms with van der Waals surface area (Å²) in [5.41, 5.74) is 1.11. The van der Waals surface area contributed by atoms with Crippen LogP contribution in [0.4, 0.5) is 0 Å². The number of hydrogen-bond donors (Lipinski definition) is 1. The number of carbonyl (C=O) groups excluding carboxylic acids is 1. The number of nitrogens with zero attached hydrogens (tertiary/aromatic N) is 2. The second kappa shape index (κ2) is 9.94. The van der Waals surface area contributed by atoms with Crippen LogP contribution in [0, 0.1) is 11.3 Å². The van der Waals surface area contributed by atoms with E-state index < -0.39 is 0 Å². The molecule has 1 amide bonds. The van der Waals surface area contributed by atoms with Crippen molar-refractivity contribution in [3.05, 3.63) is 42.0 Å². The topological polar surface area (TPSA) is 65.4 Å². The number of rotatable bonds is 8. The summed E-state index contributed by atoms with van der Waals surface area (Å²) in [6.07, 6.45) is 4.48. The highest BCUT2D eigenvalue weighted by Crippen LogP contribution is 2.28. The Kier molecular flexibility index (Phi) is 7.06. The van der Waals surface area contributed by atoms with Gasteiger partial charge in [0.2, 0.25) is 5.91 Å². The van der Waals surface area contributed by atoms with Crippen molar-refractivity contribution in [1.29, 1.82) is 5.26 Å². The van der Waals surface area contributed by atoms with E-state index in [-0.39, 0.29) is 12.3 Å². The van der Waals surface area contributed by atoms with Crippen LogP contribution in [-0.4, -0.2) is 43.6 Å². The molecule has 1 heterocycles. The molecule has 0 aliphatic carbocycles. The van der Waals surface area contributed by atoms with Gasteiger partial charge in [-0.25, -0.2) is 0 Å². The summed E-state index contributed by atoms with van der Waals surface area (Å²) < 4.78 is 6.15. The molecule has 5 heteroatoms. The highest BCUT2D eigenvalue weighted by atomic mass is 16.5. The second-order valence-corrected chi connectivity index (χ2v) is 6.95. The van der Waals surface area contributed by atoms with Crippen molar-refractivity contribution < 1.29 is 9.53 Å². The van der Waals surface area contributed by atoms with Crippen molar-refractivity contribution in [2.45, 2.75) is 32.1 Å². The van der Waals surface area contributed by atoms with Gasteiger partial charge in [-0.2, -0.15) is 5.26 Å². The standard InChI is InChI=1S/C22H27N3O2/c23-12-10-22(26)24-13-11-20-19-7-3-2-6-18(19)8-9-21(20)27-17-16-25-14-4-1-5-15-25/h2-3,6-9H,1,4-5,10-11,13-17H2,(H,24,26). The van der Waals surface area contributed by atoms with Gasteiger partial charge >= 0.3 is 0 Å². The number of fused-ring (bicyclic) bond motifs is 1. The molecular weight excluding hydrogens is 338 g/mol. The summed E-state index contributed by atoms with van der Waals surface area (Å²) in [5, 5.41) is 13.7. The maximum absolute atomic E-state index is 11.6. The van der Waals surface area contributed by atoms with Crippen LogP contribution in [0.3, 0.4) is 0 Å². The molecule has 1 aliphatic heterocycles. The lowest BCUT2D eigenvalue weighted by Gasteiger charge is -2.26. The van der Waals surface area contributed by atoms with Gasteiger partial charge < -0.3 is 10.1 Å². The molecule has 2 aromatic rings. The molecule has 5 nitrogen and oxygen atoms in total. The number of hydrogen-bond acceptors (Lipinski definition) is 4. The molecule has 1 fully saturated rings. The van der Waals surface area contributed by atoms with Gasteiger partial charge in [0, 0.05) is 18.7 Å². The lowest BCUT2D eigenvalue weighted by molar-refractivity contribution is -0.120. The monoisotopic (exact) mass is 365 g/mol. The molecule has 0 saturated carbocycles. The molecule has 0 radical (unpaired) electrons. The zero-order valence-corrected chi connectivity index (χ0v) is 15.7. The number of amides is 1. The minimum absolute atomic E-state index is 0.102. The smallest absolute Gasteiger partial charge is 0.234 e. The van der Waals surface area contributed by atoms with Crippen LogP contribution in [0.2, 0.25) is 0 Å². The Morgan fingerprint density at radius 2 is 1.96 bits per heavy atom.